The summed E-state index contributed by atoms with van der Waals surface area (Å²) >= 11 is 1.43. The van der Waals surface area contributed by atoms with E-state index in [4.69, 9.17) is 4.74 Å². The van der Waals surface area contributed by atoms with Crippen LogP contribution in [0.3, 0.4) is 0 Å². The first kappa shape index (κ1) is 16.5. The molecule has 0 unspecified atom stereocenters. The van der Waals surface area contributed by atoms with Crippen LogP contribution < -0.4 is 10.1 Å². The number of hydrogen-bond donors (Lipinski definition) is 1. The fourth-order valence-corrected chi connectivity index (χ4v) is 3.43. The second-order valence-corrected chi connectivity index (χ2v) is 6.68. The SMILES string of the molecule is COc1ccccc1CCNC(=O)C1CN(C(=O)c2cccs2)C1. The molecule has 2 amide bonds. The number of likely N-dealkylation sites (tertiary alicyclic amines) is 1. The highest BCUT2D eigenvalue weighted by Crippen LogP contribution is 2.21. The molecule has 1 saturated heterocycles. The summed E-state index contributed by atoms with van der Waals surface area (Å²) in [5.41, 5.74) is 1.07. The van der Waals surface area contributed by atoms with Gasteiger partial charge in [-0.1, -0.05) is 24.3 Å². The Kier molecular flexibility index (Phi) is 5.15. The van der Waals surface area contributed by atoms with E-state index in [1.165, 1.54) is 11.3 Å². The number of ether oxygens (including phenoxy) is 1. The van der Waals surface area contributed by atoms with Gasteiger partial charge in [-0.15, -0.1) is 11.3 Å². The third-order valence-corrected chi connectivity index (χ3v) is 5.02. The molecule has 1 aliphatic rings. The molecule has 2 aromatic rings. The first-order valence-corrected chi connectivity index (χ1v) is 8.79. The summed E-state index contributed by atoms with van der Waals surface area (Å²) in [7, 11) is 1.64. The Bertz CT molecular complexity index is 709. The van der Waals surface area contributed by atoms with Crippen LogP contribution in [-0.4, -0.2) is 43.5 Å². The molecule has 24 heavy (non-hydrogen) atoms. The minimum Gasteiger partial charge on any atom is -0.496 e. The average molecular weight is 344 g/mol. The number of thiophene rings is 1. The van der Waals surface area contributed by atoms with E-state index in [2.05, 4.69) is 5.32 Å². The van der Waals surface area contributed by atoms with Gasteiger partial charge in [-0.3, -0.25) is 9.59 Å². The molecular formula is C18H20N2O3S. The molecule has 0 spiro atoms. The molecular weight excluding hydrogens is 324 g/mol. The lowest BCUT2D eigenvalue weighted by Crippen LogP contribution is -2.55. The molecule has 5 nitrogen and oxygen atoms in total. The van der Waals surface area contributed by atoms with Crippen molar-refractivity contribution in [2.24, 2.45) is 5.92 Å². The van der Waals surface area contributed by atoms with E-state index in [0.29, 0.717) is 19.6 Å². The third kappa shape index (κ3) is 3.59. The highest BCUT2D eigenvalue weighted by atomic mass is 32.1. The Labute approximate surface area is 145 Å². The van der Waals surface area contributed by atoms with Gasteiger partial charge in [-0.25, -0.2) is 0 Å². The van der Waals surface area contributed by atoms with E-state index >= 15 is 0 Å². The Morgan fingerprint density at radius 3 is 2.75 bits per heavy atom. The van der Waals surface area contributed by atoms with Crippen LogP contribution in [-0.2, 0) is 11.2 Å². The molecule has 0 bridgehead atoms. The number of methoxy groups -OCH3 is 1. The van der Waals surface area contributed by atoms with Crippen molar-refractivity contribution in [1.82, 2.24) is 10.2 Å². The maximum atomic E-state index is 12.1. The van der Waals surface area contributed by atoms with Gasteiger partial charge in [0.05, 0.1) is 17.9 Å². The van der Waals surface area contributed by atoms with Crippen LogP contribution in [0.2, 0.25) is 0 Å². The molecule has 126 valence electrons. The van der Waals surface area contributed by atoms with Crippen LogP contribution in [0.15, 0.2) is 41.8 Å². The average Bonchev–Trinajstić information content (AvgIpc) is 3.08. The van der Waals surface area contributed by atoms with Crippen molar-refractivity contribution in [2.75, 3.05) is 26.7 Å². The Morgan fingerprint density at radius 1 is 1.25 bits per heavy atom. The molecule has 3 rings (SSSR count). The van der Waals surface area contributed by atoms with Gasteiger partial charge in [-0.2, -0.15) is 0 Å². The molecule has 1 aromatic heterocycles. The van der Waals surface area contributed by atoms with Crippen LogP contribution in [0.1, 0.15) is 15.2 Å². The number of para-hydroxylation sites is 1. The maximum absolute atomic E-state index is 12.1. The highest BCUT2D eigenvalue weighted by Gasteiger charge is 2.36. The lowest BCUT2D eigenvalue weighted by Gasteiger charge is -2.37. The van der Waals surface area contributed by atoms with Gasteiger partial charge in [0.1, 0.15) is 5.75 Å². The summed E-state index contributed by atoms with van der Waals surface area (Å²) in [6.45, 7) is 1.56. The number of amides is 2. The van der Waals surface area contributed by atoms with Crippen molar-refractivity contribution >= 4 is 23.2 Å². The highest BCUT2D eigenvalue weighted by molar-refractivity contribution is 7.12. The number of hydrogen-bond acceptors (Lipinski definition) is 4. The fraction of sp³-hybridized carbons (Fsp3) is 0.333. The Hall–Kier alpha value is -2.34. The van der Waals surface area contributed by atoms with E-state index < -0.39 is 0 Å². The van der Waals surface area contributed by atoms with Crippen LogP contribution in [0, 0.1) is 5.92 Å². The summed E-state index contributed by atoms with van der Waals surface area (Å²) < 4.78 is 5.30. The standard InChI is InChI=1S/C18H20N2O3S/c1-23-15-6-3-2-5-13(15)8-9-19-17(21)14-11-20(12-14)18(22)16-7-4-10-24-16/h2-7,10,14H,8-9,11-12H2,1H3,(H,19,21). The van der Waals surface area contributed by atoms with Crippen molar-refractivity contribution < 1.29 is 14.3 Å². The summed E-state index contributed by atoms with van der Waals surface area (Å²) in [5, 5.41) is 4.83. The zero-order chi connectivity index (χ0) is 16.9. The Balaban J connectivity index is 1.42. The van der Waals surface area contributed by atoms with Crippen LogP contribution >= 0.6 is 11.3 Å². The van der Waals surface area contributed by atoms with E-state index in [0.717, 1.165) is 22.6 Å². The molecule has 1 fully saturated rings. The Morgan fingerprint density at radius 2 is 2.04 bits per heavy atom. The van der Waals surface area contributed by atoms with Crippen LogP contribution in [0.4, 0.5) is 0 Å². The van der Waals surface area contributed by atoms with Gasteiger partial charge in [0.2, 0.25) is 5.91 Å². The molecule has 1 aromatic carbocycles. The number of carbonyl (C=O) groups excluding carboxylic acids is 2. The van der Waals surface area contributed by atoms with Gasteiger partial charge in [0, 0.05) is 19.6 Å². The summed E-state index contributed by atoms with van der Waals surface area (Å²) in [6.07, 6.45) is 0.723. The van der Waals surface area contributed by atoms with Crippen molar-refractivity contribution in [3.8, 4) is 5.75 Å². The zero-order valence-electron chi connectivity index (χ0n) is 13.5. The molecule has 0 radical (unpaired) electrons. The van der Waals surface area contributed by atoms with Crippen LogP contribution in [0.25, 0.3) is 0 Å². The zero-order valence-corrected chi connectivity index (χ0v) is 14.3. The fourth-order valence-electron chi connectivity index (χ4n) is 2.74. The summed E-state index contributed by atoms with van der Waals surface area (Å²) in [5.74, 6) is 0.762. The molecule has 0 saturated carbocycles. The molecule has 1 aliphatic heterocycles. The van der Waals surface area contributed by atoms with Crippen LogP contribution in [0.5, 0.6) is 5.75 Å². The molecule has 0 atom stereocenters. The number of benzene rings is 1. The van der Waals surface area contributed by atoms with E-state index in [9.17, 15) is 9.59 Å². The summed E-state index contributed by atoms with van der Waals surface area (Å²) in [4.78, 5) is 26.7. The first-order chi connectivity index (χ1) is 11.7. The topological polar surface area (TPSA) is 58.6 Å². The lowest BCUT2D eigenvalue weighted by atomic mass is 9.98. The smallest absolute Gasteiger partial charge is 0.263 e. The molecule has 0 aliphatic carbocycles. The minimum absolute atomic E-state index is 0.0140. The minimum atomic E-state index is -0.105. The van der Waals surface area contributed by atoms with E-state index in [-0.39, 0.29) is 17.7 Å². The van der Waals surface area contributed by atoms with Crippen molar-refractivity contribution in [3.63, 3.8) is 0 Å². The monoisotopic (exact) mass is 344 g/mol. The number of carbonyl (C=O) groups is 2. The van der Waals surface area contributed by atoms with E-state index in [1.807, 2.05) is 41.8 Å². The largest absolute Gasteiger partial charge is 0.496 e. The quantitative estimate of drug-likeness (QED) is 0.874. The lowest BCUT2D eigenvalue weighted by molar-refractivity contribution is -0.128. The second-order valence-electron chi connectivity index (χ2n) is 5.74. The molecule has 6 heteroatoms. The van der Waals surface area contributed by atoms with Gasteiger partial charge in [0.15, 0.2) is 0 Å². The third-order valence-electron chi connectivity index (χ3n) is 4.16. The maximum Gasteiger partial charge on any atom is 0.263 e. The molecule has 1 N–H and O–H groups in total. The van der Waals surface area contributed by atoms with Crippen molar-refractivity contribution in [1.29, 1.82) is 0 Å². The molecule has 2 heterocycles. The van der Waals surface area contributed by atoms with Gasteiger partial charge < -0.3 is 15.0 Å². The summed E-state index contributed by atoms with van der Waals surface area (Å²) in [6, 6.07) is 11.5. The second kappa shape index (κ2) is 7.49. The first-order valence-electron chi connectivity index (χ1n) is 7.91. The van der Waals surface area contributed by atoms with Crippen molar-refractivity contribution in [2.45, 2.75) is 6.42 Å². The normalized spacial score (nSPS) is 14.1. The number of rotatable bonds is 6. The van der Waals surface area contributed by atoms with Gasteiger partial charge >= 0.3 is 0 Å². The predicted molar refractivity (Wildman–Crippen MR) is 93.4 cm³/mol. The van der Waals surface area contributed by atoms with Gasteiger partial charge in [0.25, 0.3) is 5.91 Å². The number of nitrogens with one attached hydrogen (secondary N) is 1. The predicted octanol–water partition coefficient (Wildman–Crippen LogP) is 2.19. The van der Waals surface area contributed by atoms with Gasteiger partial charge in [-0.05, 0) is 29.5 Å². The van der Waals surface area contributed by atoms with Crippen molar-refractivity contribution in [3.05, 3.63) is 52.2 Å². The van der Waals surface area contributed by atoms with E-state index in [1.54, 1.807) is 12.0 Å². The number of nitrogens with zero attached hydrogens (tertiary/aromatic N) is 1.